The molecule has 0 N–H and O–H groups in total. The predicted molar refractivity (Wildman–Crippen MR) is 66.0 cm³/mol. The third-order valence-corrected chi connectivity index (χ3v) is 4.03. The zero-order valence-corrected chi connectivity index (χ0v) is 11.2. The van der Waals surface area contributed by atoms with Crippen molar-refractivity contribution in [2.24, 2.45) is 17.3 Å². The second-order valence-corrected chi connectivity index (χ2v) is 6.25. The smallest absolute Gasteiger partial charge is 0.0580 e. The Morgan fingerprint density at radius 2 is 1.93 bits per heavy atom. The average molecular weight is 212 g/mol. The molecule has 1 fully saturated rings. The molecule has 15 heavy (non-hydrogen) atoms. The molecule has 0 bridgehead atoms. The van der Waals surface area contributed by atoms with Gasteiger partial charge >= 0.3 is 0 Å². The van der Waals surface area contributed by atoms with Gasteiger partial charge in [0.2, 0.25) is 0 Å². The molecule has 0 spiro atoms. The lowest BCUT2D eigenvalue weighted by Gasteiger charge is -2.41. The highest BCUT2D eigenvalue weighted by atomic mass is 16.5. The Morgan fingerprint density at radius 1 is 1.27 bits per heavy atom. The lowest BCUT2D eigenvalue weighted by Crippen LogP contribution is -2.34. The number of rotatable bonds is 4. The second kappa shape index (κ2) is 5.34. The third kappa shape index (κ3) is 3.79. The Labute approximate surface area is 95.6 Å². The highest BCUT2D eigenvalue weighted by molar-refractivity contribution is 4.85. The van der Waals surface area contributed by atoms with Crippen LogP contribution in [0.4, 0.5) is 0 Å². The summed E-state index contributed by atoms with van der Waals surface area (Å²) in [7, 11) is 0. The maximum atomic E-state index is 5.99. The van der Waals surface area contributed by atoms with Crippen LogP contribution in [-0.2, 0) is 4.74 Å². The van der Waals surface area contributed by atoms with Crippen molar-refractivity contribution in [1.29, 1.82) is 0 Å². The summed E-state index contributed by atoms with van der Waals surface area (Å²) < 4.78 is 5.99. The monoisotopic (exact) mass is 212 g/mol. The number of ether oxygens (including phenoxy) is 1. The van der Waals surface area contributed by atoms with Gasteiger partial charge in [0.05, 0.1) is 6.10 Å². The number of hydrogen-bond donors (Lipinski definition) is 0. The predicted octanol–water partition coefficient (Wildman–Crippen LogP) is 4.26. The average Bonchev–Trinajstić information content (AvgIpc) is 2.15. The fourth-order valence-electron chi connectivity index (χ4n) is 2.45. The first-order valence-electron chi connectivity index (χ1n) is 6.55. The molecule has 1 aliphatic carbocycles. The molecule has 90 valence electrons. The van der Waals surface area contributed by atoms with Crippen molar-refractivity contribution >= 4 is 0 Å². The molecule has 2 atom stereocenters. The van der Waals surface area contributed by atoms with Crippen molar-refractivity contribution in [2.45, 2.75) is 66.4 Å². The molecule has 0 aliphatic heterocycles. The van der Waals surface area contributed by atoms with Crippen LogP contribution in [-0.4, -0.2) is 12.7 Å². The Kier molecular flexibility index (Phi) is 4.64. The molecular formula is C14H28O. The van der Waals surface area contributed by atoms with Crippen LogP contribution in [0, 0.1) is 17.3 Å². The molecule has 1 aliphatic rings. The molecule has 0 aromatic heterocycles. The van der Waals surface area contributed by atoms with Crippen molar-refractivity contribution in [2.75, 3.05) is 6.61 Å². The Balaban J connectivity index is 2.42. The summed E-state index contributed by atoms with van der Waals surface area (Å²) in [5.74, 6) is 1.44. The molecule has 0 heterocycles. The van der Waals surface area contributed by atoms with Crippen molar-refractivity contribution in [3.05, 3.63) is 0 Å². The van der Waals surface area contributed by atoms with Gasteiger partial charge in [0.25, 0.3) is 0 Å². The van der Waals surface area contributed by atoms with Crippen molar-refractivity contribution in [3.8, 4) is 0 Å². The Hall–Kier alpha value is -0.0400. The van der Waals surface area contributed by atoms with E-state index in [0.717, 1.165) is 12.5 Å². The highest BCUT2D eigenvalue weighted by Gasteiger charge is 2.35. The number of hydrogen-bond acceptors (Lipinski definition) is 1. The Bertz CT molecular complexity index is 186. The highest BCUT2D eigenvalue weighted by Crippen LogP contribution is 2.42. The molecule has 1 nitrogen and oxygen atoms in total. The minimum Gasteiger partial charge on any atom is -0.378 e. The summed E-state index contributed by atoms with van der Waals surface area (Å²) in [6.07, 6.45) is 5.78. The molecular weight excluding hydrogens is 184 g/mol. The van der Waals surface area contributed by atoms with Crippen molar-refractivity contribution in [1.82, 2.24) is 0 Å². The SMILES string of the molecule is CC(C)COC1CCCC(C)(C(C)C)C1. The summed E-state index contributed by atoms with van der Waals surface area (Å²) in [4.78, 5) is 0. The molecule has 0 aromatic carbocycles. The van der Waals surface area contributed by atoms with Crippen LogP contribution in [0.15, 0.2) is 0 Å². The van der Waals surface area contributed by atoms with E-state index in [4.69, 9.17) is 4.74 Å². The van der Waals surface area contributed by atoms with Crippen LogP contribution in [0.1, 0.15) is 60.3 Å². The minimum atomic E-state index is 0.514. The van der Waals surface area contributed by atoms with Crippen LogP contribution in [0.25, 0.3) is 0 Å². The van der Waals surface area contributed by atoms with Gasteiger partial charge in [-0.1, -0.05) is 41.0 Å². The lowest BCUT2D eigenvalue weighted by molar-refractivity contribution is -0.0345. The van der Waals surface area contributed by atoms with E-state index >= 15 is 0 Å². The maximum absolute atomic E-state index is 5.99. The van der Waals surface area contributed by atoms with Crippen molar-refractivity contribution < 1.29 is 4.74 Å². The zero-order chi connectivity index (χ0) is 11.5. The first-order valence-corrected chi connectivity index (χ1v) is 6.55. The van der Waals surface area contributed by atoms with E-state index < -0.39 is 0 Å². The quantitative estimate of drug-likeness (QED) is 0.676. The molecule has 2 unspecified atom stereocenters. The molecule has 0 radical (unpaired) electrons. The van der Waals surface area contributed by atoms with Crippen LogP contribution in [0.2, 0.25) is 0 Å². The summed E-state index contributed by atoms with van der Waals surface area (Å²) in [6.45, 7) is 12.5. The second-order valence-electron chi connectivity index (χ2n) is 6.25. The third-order valence-electron chi connectivity index (χ3n) is 4.03. The first kappa shape index (κ1) is 13.0. The molecule has 1 rings (SSSR count). The van der Waals surface area contributed by atoms with Gasteiger partial charge in [-0.05, 0) is 36.5 Å². The standard InChI is InChI=1S/C14H28O/c1-11(2)10-15-13-7-6-8-14(5,9-13)12(3)4/h11-13H,6-10H2,1-5H3. The van der Waals surface area contributed by atoms with E-state index in [-0.39, 0.29) is 0 Å². The van der Waals surface area contributed by atoms with Gasteiger partial charge in [-0.3, -0.25) is 0 Å². The fraction of sp³-hybridized carbons (Fsp3) is 1.00. The summed E-state index contributed by atoms with van der Waals surface area (Å²) in [5, 5.41) is 0. The molecule has 1 saturated carbocycles. The van der Waals surface area contributed by atoms with E-state index in [2.05, 4.69) is 34.6 Å². The van der Waals surface area contributed by atoms with E-state index in [1.54, 1.807) is 0 Å². The summed E-state index contributed by atoms with van der Waals surface area (Å²) in [6, 6.07) is 0. The van der Waals surface area contributed by atoms with Gasteiger partial charge < -0.3 is 4.74 Å². The normalized spacial score (nSPS) is 32.6. The largest absolute Gasteiger partial charge is 0.378 e. The lowest BCUT2D eigenvalue weighted by atomic mass is 9.67. The van der Waals surface area contributed by atoms with E-state index in [9.17, 15) is 0 Å². The van der Waals surface area contributed by atoms with Crippen molar-refractivity contribution in [3.63, 3.8) is 0 Å². The first-order chi connectivity index (χ1) is 6.94. The molecule has 0 saturated heterocycles. The van der Waals surface area contributed by atoms with Crippen LogP contribution in [0.5, 0.6) is 0 Å². The van der Waals surface area contributed by atoms with Gasteiger partial charge in [-0.2, -0.15) is 0 Å². The topological polar surface area (TPSA) is 9.23 Å². The summed E-state index contributed by atoms with van der Waals surface area (Å²) in [5.41, 5.74) is 0.514. The minimum absolute atomic E-state index is 0.514. The summed E-state index contributed by atoms with van der Waals surface area (Å²) >= 11 is 0. The Morgan fingerprint density at radius 3 is 2.47 bits per heavy atom. The van der Waals surface area contributed by atoms with Crippen LogP contribution >= 0.6 is 0 Å². The van der Waals surface area contributed by atoms with Gasteiger partial charge in [-0.15, -0.1) is 0 Å². The van der Waals surface area contributed by atoms with E-state index in [0.29, 0.717) is 17.4 Å². The van der Waals surface area contributed by atoms with Crippen LogP contribution < -0.4 is 0 Å². The van der Waals surface area contributed by atoms with Gasteiger partial charge in [0, 0.05) is 6.61 Å². The molecule has 0 amide bonds. The van der Waals surface area contributed by atoms with Gasteiger partial charge in [0.1, 0.15) is 0 Å². The van der Waals surface area contributed by atoms with E-state index in [1.807, 2.05) is 0 Å². The fourth-order valence-corrected chi connectivity index (χ4v) is 2.45. The van der Waals surface area contributed by atoms with E-state index in [1.165, 1.54) is 25.7 Å². The molecule has 0 aromatic rings. The van der Waals surface area contributed by atoms with Gasteiger partial charge in [-0.25, -0.2) is 0 Å². The zero-order valence-electron chi connectivity index (χ0n) is 11.2. The van der Waals surface area contributed by atoms with Crippen LogP contribution in [0.3, 0.4) is 0 Å². The van der Waals surface area contributed by atoms with Gasteiger partial charge in [0.15, 0.2) is 0 Å². The maximum Gasteiger partial charge on any atom is 0.0580 e. The molecule has 1 heteroatoms.